The summed E-state index contributed by atoms with van der Waals surface area (Å²) in [7, 11) is -2.81. The molecular formula is C12H18N2O2S. The van der Waals surface area contributed by atoms with Crippen molar-refractivity contribution in [2.75, 3.05) is 29.5 Å². The predicted molar refractivity (Wildman–Crippen MR) is 69.9 cm³/mol. The van der Waals surface area contributed by atoms with Gasteiger partial charge in [-0.2, -0.15) is 0 Å². The van der Waals surface area contributed by atoms with Gasteiger partial charge in [0.15, 0.2) is 9.84 Å². The lowest BCUT2D eigenvalue weighted by Gasteiger charge is -2.30. The van der Waals surface area contributed by atoms with E-state index in [4.69, 9.17) is 5.73 Å². The van der Waals surface area contributed by atoms with E-state index >= 15 is 0 Å². The van der Waals surface area contributed by atoms with E-state index in [9.17, 15) is 8.42 Å². The van der Waals surface area contributed by atoms with Crippen LogP contribution in [0.2, 0.25) is 0 Å². The van der Waals surface area contributed by atoms with Gasteiger partial charge in [0.2, 0.25) is 0 Å². The van der Waals surface area contributed by atoms with Crippen LogP contribution < -0.4 is 10.6 Å². The van der Waals surface area contributed by atoms with Crippen LogP contribution in [0.25, 0.3) is 0 Å². The SMILES string of the molecule is Cc1cc(CN)ccc1N1CCS(=O)(=O)CC1. The zero-order chi connectivity index (χ0) is 12.5. The van der Waals surface area contributed by atoms with Crippen LogP contribution in [0.15, 0.2) is 18.2 Å². The van der Waals surface area contributed by atoms with Crippen LogP contribution in [-0.2, 0) is 16.4 Å². The molecule has 1 aromatic carbocycles. The van der Waals surface area contributed by atoms with E-state index in [2.05, 4.69) is 11.0 Å². The molecule has 1 fully saturated rings. The van der Waals surface area contributed by atoms with Crippen molar-refractivity contribution in [3.05, 3.63) is 29.3 Å². The second kappa shape index (κ2) is 4.66. The maximum absolute atomic E-state index is 11.4. The van der Waals surface area contributed by atoms with Crippen LogP contribution in [0.4, 0.5) is 5.69 Å². The first-order chi connectivity index (χ1) is 8.02. The molecule has 1 aliphatic rings. The van der Waals surface area contributed by atoms with Crippen molar-refractivity contribution in [2.24, 2.45) is 5.73 Å². The van der Waals surface area contributed by atoms with Crippen LogP contribution in [0.1, 0.15) is 11.1 Å². The lowest BCUT2D eigenvalue weighted by atomic mass is 10.1. The average Bonchev–Trinajstić information content (AvgIpc) is 2.29. The zero-order valence-corrected chi connectivity index (χ0v) is 10.8. The molecule has 0 spiro atoms. The second-order valence-corrected chi connectivity index (χ2v) is 6.77. The Labute approximate surface area is 102 Å². The highest BCUT2D eigenvalue weighted by Gasteiger charge is 2.22. The number of hydrogen-bond acceptors (Lipinski definition) is 4. The Morgan fingerprint density at radius 1 is 1.29 bits per heavy atom. The van der Waals surface area contributed by atoms with Crippen molar-refractivity contribution in [1.82, 2.24) is 0 Å². The second-order valence-electron chi connectivity index (χ2n) is 4.46. The van der Waals surface area contributed by atoms with Crippen molar-refractivity contribution in [3.8, 4) is 0 Å². The van der Waals surface area contributed by atoms with Gasteiger partial charge in [0.05, 0.1) is 11.5 Å². The molecule has 0 amide bonds. The zero-order valence-electron chi connectivity index (χ0n) is 10.0. The Kier molecular flexibility index (Phi) is 3.40. The summed E-state index contributed by atoms with van der Waals surface area (Å²) >= 11 is 0. The van der Waals surface area contributed by atoms with E-state index in [1.54, 1.807) is 0 Å². The summed E-state index contributed by atoms with van der Waals surface area (Å²) in [4.78, 5) is 2.14. The quantitative estimate of drug-likeness (QED) is 0.843. The third kappa shape index (κ3) is 2.79. The van der Waals surface area contributed by atoms with Crippen LogP contribution in [0, 0.1) is 6.92 Å². The molecule has 1 aliphatic heterocycles. The predicted octanol–water partition coefficient (Wildman–Crippen LogP) is 0.689. The third-order valence-electron chi connectivity index (χ3n) is 3.18. The molecule has 94 valence electrons. The van der Waals surface area contributed by atoms with Gasteiger partial charge in [-0.05, 0) is 24.1 Å². The van der Waals surface area contributed by atoms with Crippen LogP contribution in [-0.4, -0.2) is 33.0 Å². The first-order valence-electron chi connectivity index (χ1n) is 5.77. The third-order valence-corrected chi connectivity index (χ3v) is 4.79. The minimum Gasteiger partial charge on any atom is -0.369 e. The van der Waals surface area contributed by atoms with Crippen LogP contribution in [0.3, 0.4) is 0 Å². The highest BCUT2D eigenvalue weighted by Crippen LogP contribution is 2.22. The van der Waals surface area contributed by atoms with Crippen LogP contribution >= 0.6 is 0 Å². The average molecular weight is 254 g/mol. The lowest BCUT2D eigenvalue weighted by Crippen LogP contribution is -2.40. The summed E-state index contributed by atoms with van der Waals surface area (Å²) in [6, 6.07) is 6.11. The topological polar surface area (TPSA) is 63.4 Å². The van der Waals surface area contributed by atoms with Crippen molar-refractivity contribution in [1.29, 1.82) is 0 Å². The Balaban J connectivity index is 2.19. The molecule has 0 saturated carbocycles. The van der Waals surface area contributed by atoms with E-state index in [1.165, 1.54) is 0 Å². The normalized spacial score (nSPS) is 19.3. The fraction of sp³-hybridized carbons (Fsp3) is 0.500. The van der Waals surface area contributed by atoms with E-state index < -0.39 is 9.84 Å². The van der Waals surface area contributed by atoms with E-state index in [-0.39, 0.29) is 11.5 Å². The summed E-state index contributed by atoms with van der Waals surface area (Å²) in [5.41, 5.74) is 8.98. The molecule has 2 N–H and O–H groups in total. The number of nitrogens with zero attached hydrogens (tertiary/aromatic N) is 1. The highest BCUT2D eigenvalue weighted by atomic mass is 32.2. The number of aryl methyl sites for hydroxylation is 1. The molecule has 1 heterocycles. The van der Waals surface area contributed by atoms with Gasteiger partial charge in [0.25, 0.3) is 0 Å². The highest BCUT2D eigenvalue weighted by molar-refractivity contribution is 7.91. The van der Waals surface area contributed by atoms with Gasteiger partial charge in [-0.3, -0.25) is 0 Å². The molecule has 0 bridgehead atoms. The molecule has 1 aromatic rings. The number of benzene rings is 1. The van der Waals surface area contributed by atoms with Gasteiger partial charge in [0, 0.05) is 25.3 Å². The summed E-state index contributed by atoms with van der Waals surface area (Å²) in [5.74, 6) is 0.510. The Morgan fingerprint density at radius 3 is 2.47 bits per heavy atom. The van der Waals surface area contributed by atoms with Gasteiger partial charge in [0.1, 0.15) is 0 Å². The molecule has 5 heteroatoms. The summed E-state index contributed by atoms with van der Waals surface area (Å²) in [6.07, 6.45) is 0. The number of hydrogen-bond donors (Lipinski definition) is 1. The van der Waals surface area contributed by atoms with E-state index in [0.29, 0.717) is 19.6 Å². The maximum Gasteiger partial charge on any atom is 0.153 e. The first-order valence-corrected chi connectivity index (χ1v) is 7.59. The fourth-order valence-corrected chi connectivity index (χ4v) is 3.35. The lowest BCUT2D eigenvalue weighted by molar-refractivity contribution is 0.586. The van der Waals surface area contributed by atoms with Gasteiger partial charge < -0.3 is 10.6 Å². The van der Waals surface area contributed by atoms with Crippen LogP contribution in [0.5, 0.6) is 0 Å². The Bertz CT molecular complexity index is 497. The molecule has 1 saturated heterocycles. The van der Waals surface area contributed by atoms with Crippen molar-refractivity contribution in [3.63, 3.8) is 0 Å². The van der Waals surface area contributed by atoms with Gasteiger partial charge in [-0.15, -0.1) is 0 Å². The number of anilines is 1. The Hall–Kier alpha value is -1.07. The van der Waals surface area contributed by atoms with Crippen molar-refractivity contribution in [2.45, 2.75) is 13.5 Å². The van der Waals surface area contributed by atoms with Gasteiger partial charge in [-0.25, -0.2) is 8.42 Å². The monoisotopic (exact) mass is 254 g/mol. The van der Waals surface area contributed by atoms with E-state index in [1.807, 2.05) is 19.1 Å². The molecule has 0 aliphatic carbocycles. The Morgan fingerprint density at radius 2 is 1.94 bits per heavy atom. The summed E-state index contributed by atoms with van der Waals surface area (Å²) in [5, 5.41) is 0. The molecule has 17 heavy (non-hydrogen) atoms. The standard InChI is InChI=1S/C12H18N2O2S/c1-10-8-11(9-13)2-3-12(10)14-4-6-17(15,16)7-5-14/h2-3,8H,4-7,9,13H2,1H3. The minimum atomic E-state index is -2.81. The molecule has 0 aromatic heterocycles. The smallest absolute Gasteiger partial charge is 0.153 e. The molecule has 4 nitrogen and oxygen atoms in total. The van der Waals surface area contributed by atoms with Crippen molar-refractivity contribution < 1.29 is 8.42 Å². The maximum atomic E-state index is 11.4. The number of nitrogens with two attached hydrogens (primary N) is 1. The molecule has 0 atom stereocenters. The molecular weight excluding hydrogens is 236 g/mol. The fourth-order valence-electron chi connectivity index (χ4n) is 2.15. The van der Waals surface area contributed by atoms with Crippen molar-refractivity contribution >= 4 is 15.5 Å². The van der Waals surface area contributed by atoms with E-state index in [0.717, 1.165) is 16.8 Å². The number of rotatable bonds is 2. The minimum absolute atomic E-state index is 0.255. The summed E-state index contributed by atoms with van der Waals surface area (Å²) in [6.45, 7) is 3.75. The number of sulfone groups is 1. The summed E-state index contributed by atoms with van der Waals surface area (Å²) < 4.78 is 22.7. The largest absolute Gasteiger partial charge is 0.369 e. The molecule has 0 radical (unpaired) electrons. The van der Waals surface area contributed by atoms with Gasteiger partial charge in [-0.1, -0.05) is 12.1 Å². The first kappa shape index (κ1) is 12.4. The van der Waals surface area contributed by atoms with Gasteiger partial charge >= 0.3 is 0 Å². The molecule has 0 unspecified atom stereocenters. The molecule has 2 rings (SSSR count).